The van der Waals surface area contributed by atoms with Crippen molar-refractivity contribution in [3.63, 3.8) is 0 Å². The quantitative estimate of drug-likeness (QED) is 0.475. The van der Waals surface area contributed by atoms with Gasteiger partial charge in [-0.2, -0.15) is 0 Å². The molecule has 0 aliphatic heterocycles. The Labute approximate surface area is 139 Å². The van der Waals surface area contributed by atoms with Gasteiger partial charge in [0.2, 0.25) is 0 Å². The van der Waals surface area contributed by atoms with Gasteiger partial charge >= 0.3 is 0 Å². The molecule has 0 radical (unpaired) electrons. The van der Waals surface area contributed by atoms with Crippen molar-refractivity contribution in [2.45, 2.75) is 45.3 Å². The zero-order valence-electron chi connectivity index (χ0n) is 13.5. The van der Waals surface area contributed by atoms with E-state index in [1.54, 1.807) is 0 Å². The number of amidine groups is 1. The molecule has 2 N–H and O–H groups in total. The summed E-state index contributed by atoms with van der Waals surface area (Å²) >= 11 is 0. The topological polar surface area (TPSA) is 56.8 Å². The zero-order valence-corrected chi connectivity index (χ0v) is 14.3. The second-order valence-corrected chi connectivity index (χ2v) is 5.25. The molecule has 1 atom stereocenters. The molecule has 1 aromatic rings. The summed E-state index contributed by atoms with van der Waals surface area (Å²) < 4.78 is 11.0. The number of rotatable bonds is 7. The van der Waals surface area contributed by atoms with E-state index in [9.17, 15) is 0 Å². The van der Waals surface area contributed by atoms with E-state index in [2.05, 4.69) is 29.3 Å². The molecule has 1 aromatic carbocycles. The van der Waals surface area contributed by atoms with Gasteiger partial charge in [0.15, 0.2) is 6.29 Å². The minimum atomic E-state index is -0.294. The van der Waals surface area contributed by atoms with Gasteiger partial charge in [-0.25, -0.2) is 0 Å². The molecule has 0 fully saturated rings. The van der Waals surface area contributed by atoms with Gasteiger partial charge in [0, 0.05) is 19.1 Å². The number of aryl methyl sites for hydroxylation is 1. The highest BCUT2D eigenvalue weighted by Gasteiger charge is 2.23. The lowest BCUT2D eigenvalue weighted by atomic mass is 9.82. The lowest BCUT2D eigenvalue weighted by Gasteiger charge is -2.25. The van der Waals surface area contributed by atoms with Crippen molar-refractivity contribution in [1.82, 2.24) is 0 Å². The third kappa shape index (κ3) is 4.97. The van der Waals surface area contributed by atoms with Crippen molar-refractivity contribution in [2.75, 3.05) is 19.8 Å². The predicted molar refractivity (Wildman–Crippen MR) is 92.9 cm³/mol. The van der Waals surface area contributed by atoms with E-state index in [-0.39, 0.29) is 24.6 Å². The minimum absolute atomic E-state index is 0. The Kier molecular flexibility index (Phi) is 8.46. The van der Waals surface area contributed by atoms with Crippen LogP contribution in [0.4, 0.5) is 0 Å². The van der Waals surface area contributed by atoms with E-state index >= 15 is 0 Å². The first-order valence-corrected chi connectivity index (χ1v) is 7.87. The fourth-order valence-electron chi connectivity index (χ4n) is 2.88. The van der Waals surface area contributed by atoms with Crippen molar-refractivity contribution < 1.29 is 9.47 Å². The fraction of sp³-hybridized carbons (Fsp3) is 0.588. The molecule has 4 nitrogen and oxygen atoms in total. The van der Waals surface area contributed by atoms with Crippen LogP contribution in [0.1, 0.15) is 43.7 Å². The van der Waals surface area contributed by atoms with Crippen LogP contribution in [-0.4, -0.2) is 31.9 Å². The number of halogens is 1. The van der Waals surface area contributed by atoms with E-state index in [4.69, 9.17) is 15.2 Å². The molecule has 1 aliphatic rings. The molecule has 0 heterocycles. The molecule has 0 saturated heterocycles. The van der Waals surface area contributed by atoms with Crippen LogP contribution in [0.3, 0.4) is 0 Å². The van der Waals surface area contributed by atoms with Crippen LogP contribution < -0.4 is 5.73 Å². The zero-order chi connectivity index (χ0) is 15.1. The molecule has 1 unspecified atom stereocenters. The summed E-state index contributed by atoms with van der Waals surface area (Å²) in [5.41, 5.74) is 8.97. The largest absolute Gasteiger partial charge is 0.387 e. The van der Waals surface area contributed by atoms with Crippen LogP contribution in [0.2, 0.25) is 0 Å². The van der Waals surface area contributed by atoms with E-state index in [0.717, 1.165) is 19.3 Å². The van der Waals surface area contributed by atoms with Gasteiger partial charge in [-0.15, -0.1) is 12.4 Å². The molecule has 0 amide bonds. The summed E-state index contributed by atoms with van der Waals surface area (Å²) in [5.74, 6) is 0.936. The maximum atomic E-state index is 6.24. The Hall–Kier alpha value is -1.10. The molecular weight excluding hydrogens is 300 g/mol. The molecule has 0 aromatic heterocycles. The third-order valence-corrected chi connectivity index (χ3v) is 3.85. The van der Waals surface area contributed by atoms with Gasteiger partial charge in [-0.1, -0.05) is 24.3 Å². The SMILES string of the molecule is CCOC(CN=C(N)C1CCCc2ccccc21)OCC.Cl. The first-order chi connectivity index (χ1) is 10.3. The Morgan fingerprint density at radius 1 is 1.27 bits per heavy atom. The van der Waals surface area contributed by atoms with Crippen molar-refractivity contribution >= 4 is 18.2 Å². The number of hydrogen-bond acceptors (Lipinski definition) is 3. The maximum absolute atomic E-state index is 6.24. The highest BCUT2D eigenvalue weighted by molar-refractivity contribution is 5.88. The molecule has 5 heteroatoms. The molecule has 22 heavy (non-hydrogen) atoms. The first-order valence-electron chi connectivity index (χ1n) is 7.87. The summed E-state index contributed by atoms with van der Waals surface area (Å²) in [6, 6.07) is 8.53. The normalized spacial score (nSPS) is 18.0. The summed E-state index contributed by atoms with van der Waals surface area (Å²) in [4.78, 5) is 4.53. The molecule has 0 bridgehead atoms. The predicted octanol–water partition coefficient (Wildman–Crippen LogP) is 3.28. The van der Waals surface area contributed by atoms with Crippen LogP contribution in [0.15, 0.2) is 29.3 Å². The average molecular weight is 327 g/mol. The number of hydrogen-bond donors (Lipinski definition) is 1. The van der Waals surface area contributed by atoms with Crippen molar-refractivity contribution in [2.24, 2.45) is 10.7 Å². The molecule has 124 valence electrons. The van der Waals surface area contributed by atoms with E-state index in [0.29, 0.717) is 25.6 Å². The number of benzene rings is 1. The standard InChI is InChI=1S/C17H26N2O2.ClH/c1-3-20-16(21-4-2)12-19-17(18)15-11-7-9-13-8-5-6-10-14(13)15;/h5-6,8,10,15-16H,3-4,7,9,11-12H2,1-2H3,(H2,18,19);1H. The Morgan fingerprint density at radius 2 is 1.95 bits per heavy atom. The number of nitrogens with zero attached hydrogens (tertiary/aromatic N) is 1. The molecule has 0 spiro atoms. The molecular formula is C17H27ClN2O2. The molecule has 0 saturated carbocycles. The third-order valence-electron chi connectivity index (χ3n) is 3.85. The highest BCUT2D eigenvalue weighted by atomic mass is 35.5. The summed E-state index contributed by atoms with van der Waals surface area (Å²) in [6.07, 6.45) is 3.08. The van der Waals surface area contributed by atoms with Crippen molar-refractivity contribution in [1.29, 1.82) is 0 Å². The lowest BCUT2D eigenvalue weighted by molar-refractivity contribution is -0.128. The van der Waals surface area contributed by atoms with Crippen LogP contribution in [0, 0.1) is 0 Å². The van der Waals surface area contributed by atoms with Gasteiger partial charge in [-0.05, 0) is 44.2 Å². The van der Waals surface area contributed by atoms with E-state index in [1.807, 2.05) is 13.8 Å². The highest BCUT2D eigenvalue weighted by Crippen LogP contribution is 2.31. The van der Waals surface area contributed by atoms with E-state index in [1.165, 1.54) is 11.1 Å². The number of fused-ring (bicyclic) bond motifs is 1. The number of ether oxygens (including phenoxy) is 2. The fourth-order valence-corrected chi connectivity index (χ4v) is 2.88. The van der Waals surface area contributed by atoms with Gasteiger partial charge in [-0.3, -0.25) is 4.99 Å². The van der Waals surface area contributed by atoms with Gasteiger partial charge in [0.1, 0.15) is 5.84 Å². The first kappa shape index (κ1) is 18.9. The van der Waals surface area contributed by atoms with Gasteiger partial charge < -0.3 is 15.2 Å². The van der Waals surface area contributed by atoms with Crippen LogP contribution in [-0.2, 0) is 15.9 Å². The summed E-state index contributed by atoms with van der Waals surface area (Å²) in [6.45, 7) is 5.61. The maximum Gasteiger partial charge on any atom is 0.176 e. The summed E-state index contributed by atoms with van der Waals surface area (Å²) in [5, 5.41) is 0. The minimum Gasteiger partial charge on any atom is -0.387 e. The van der Waals surface area contributed by atoms with E-state index < -0.39 is 0 Å². The Bertz CT molecular complexity index is 473. The number of nitrogens with two attached hydrogens (primary N) is 1. The second kappa shape index (κ2) is 9.82. The molecule has 2 rings (SSSR count). The summed E-state index contributed by atoms with van der Waals surface area (Å²) in [7, 11) is 0. The van der Waals surface area contributed by atoms with Crippen molar-refractivity contribution in [3.05, 3.63) is 35.4 Å². The average Bonchev–Trinajstić information content (AvgIpc) is 2.52. The number of aliphatic imine (C=N–C) groups is 1. The Morgan fingerprint density at radius 3 is 2.64 bits per heavy atom. The molecule has 1 aliphatic carbocycles. The lowest BCUT2D eigenvalue weighted by Crippen LogP contribution is -2.28. The monoisotopic (exact) mass is 326 g/mol. The second-order valence-electron chi connectivity index (χ2n) is 5.25. The van der Waals surface area contributed by atoms with Gasteiger partial charge in [0.25, 0.3) is 0 Å². The van der Waals surface area contributed by atoms with Gasteiger partial charge in [0.05, 0.1) is 6.54 Å². The smallest absolute Gasteiger partial charge is 0.176 e. The van der Waals surface area contributed by atoms with Crippen LogP contribution in [0.5, 0.6) is 0 Å². The van der Waals surface area contributed by atoms with Crippen LogP contribution in [0.25, 0.3) is 0 Å². The van der Waals surface area contributed by atoms with Crippen molar-refractivity contribution in [3.8, 4) is 0 Å². The Balaban J connectivity index is 0.00000242. The van der Waals surface area contributed by atoms with Crippen LogP contribution >= 0.6 is 12.4 Å².